The van der Waals surface area contributed by atoms with Gasteiger partial charge in [-0.3, -0.25) is 10.8 Å². The van der Waals surface area contributed by atoms with E-state index in [0.717, 1.165) is 12.1 Å². The summed E-state index contributed by atoms with van der Waals surface area (Å²) < 4.78 is 38.2. The Morgan fingerprint density at radius 2 is 2.00 bits per heavy atom. The molecule has 0 amide bonds. The molecule has 10 heteroatoms. The van der Waals surface area contributed by atoms with Gasteiger partial charge in [-0.1, -0.05) is 23.2 Å². The molecule has 0 spiro atoms. The molecule has 1 aromatic rings. The first-order valence-electron chi connectivity index (χ1n) is 4.82. The number of amidine groups is 1. The number of benzene rings is 1. The summed E-state index contributed by atoms with van der Waals surface area (Å²) >= 11 is 11.1. The summed E-state index contributed by atoms with van der Waals surface area (Å²) in [4.78, 5) is 0. The molecule has 0 aliphatic heterocycles. The summed E-state index contributed by atoms with van der Waals surface area (Å²) in [7, 11) is 0. The van der Waals surface area contributed by atoms with Gasteiger partial charge in [0.05, 0.1) is 21.3 Å². The van der Waals surface area contributed by atoms with Crippen LogP contribution in [0.1, 0.15) is 5.56 Å². The molecule has 0 atom stereocenters. The molecule has 4 N–H and O–H groups in total. The lowest BCUT2D eigenvalue weighted by molar-refractivity contribution is -0.137. The molecule has 0 fully saturated rings. The molecule has 0 saturated carbocycles. The molecule has 0 radical (unpaired) electrons. The number of halogens is 5. The minimum Gasteiger partial charge on any atom is -0.382 e. The van der Waals surface area contributed by atoms with Gasteiger partial charge in [-0.2, -0.15) is 23.5 Å². The van der Waals surface area contributed by atoms with E-state index in [4.69, 9.17) is 39.6 Å². The fraction of sp³-hybridized carbons (Fsp3) is 0.100. The van der Waals surface area contributed by atoms with Crippen molar-refractivity contribution < 1.29 is 13.2 Å². The lowest BCUT2D eigenvalue weighted by Crippen LogP contribution is -2.22. The van der Waals surface area contributed by atoms with Crippen molar-refractivity contribution in [3.63, 3.8) is 0 Å². The summed E-state index contributed by atoms with van der Waals surface area (Å²) in [5.74, 6) is -0.638. The van der Waals surface area contributed by atoms with Gasteiger partial charge in [0.1, 0.15) is 6.07 Å². The smallest absolute Gasteiger partial charge is 0.382 e. The van der Waals surface area contributed by atoms with Crippen LogP contribution in [0.3, 0.4) is 0 Å². The molecule has 5 nitrogen and oxygen atoms in total. The maximum Gasteiger partial charge on any atom is 0.419 e. The third kappa shape index (κ3) is 3.53. The number of anilines is 1. The first kappa shape index (κ1) is 16.1. The van der Waals surface area contributed by atoms with Crippen LogP contribution in [-0.4, -0.2) is 11.5 Å². The van der Waals surface area contributed by atoms with E-state index in [-0.39, 0.29) is 5.69 Å². The van der Waals surface area contributed by atoms with Crippen LogP contribution in [0.4, 0.5) is 18.9 Å². The summed E-state index contributed by atoms with van der Waals surface area (Å²) in [6.07, 6.45) is -4.74. The average Bonchev–Trinajstić information content (AvgIpc) is 2.30. The number of nitrogens with two attached hydrogens (primary N) is 1. The first-order valence-corrected chi connectivity index (χ1v) is 5.57. The topological polar surface area (TPSA) is 98.0 Å². The standard InChI is InChI=1S/C10H6Cl2F3N5/c11-4-1-2-5(8(12)7(4)10(13,14)15)19-20-6(3-16)9(17)18/h1-2,19H,(H3,17,18)/b20-6+. The second-order valence-corrected chi connectivity index (χ2v) is 4.16. The van der Waals surface area contributed by atoms with Crippen LogP contribution in [0.25, 0.3) is 0 Å². The predicted octanol–water partition coefficient (Wildman–Crippen LogP) is 3.24. The number of hydrogen-bond acceptors (Lipinski definition) is 4. The van der Waals surface area contributed by atoms with Crippen LogP contribution in [-0.2, 0) is 6.18 Å². The van der Waals surface area contributed by atoms with Crippen LogP contribution >= 0.6 is 23.2 Å². The Hall–Kier alpha value is -1.98. The van der Waals surface area contributed by atoms with Crippen LogP contribution in [0.15, 0.2) is 17.2 Å². The number of nitrogens with one attached hydrogen (secondary N) is 2. The molecule has 0 aliphatic carbocycles. The van der Waals surface area contributed by atoms with E-state index in [1.807, 2.05) is 0 Å². The highest BCUT2D eigenvalue weighted by Gasteiger charge is 2.36. The third-order valence-electron chi connectivity index (χ3n) is 2.02. The molecule has 106 valence electrons. The SMILES string of the molecule is N#C/C(=N\Nc1ccc(Cl)c(C(F)(F)F)c1Cl)C(=N)N. The van der Waals surface area contributed by atoms with E-state index in [0.29, 0.717) is 0 Å². The van der Waals surface area contributed by atoms with E-state index < -0.39 is 33.3 Å². The second-order valence-electron chi connectivity index (χ2n) is 3.38. The quantitative estimate of drug-likeness (QED) is 0.452. The molecular weight excluding hydrogens is 318 g/mol. The Kier molecular flexibility index (Phi) is 4.81. The Labute approximate surface area is 121 Å². The lowest BCUT2D eigenvalue weighted by atomic mass is 10.2. The number of hydrogen-bond donors (Lipinski definition) is 3. The molecule has 0 aliphatic rings. The summed E-state index contributed by atoms with van der Waals surface area (Å²) in [5, 5.41) is 17.7. The van der Waals surface area contributed by atoms with Crippen molar-refractivity contribution in [2.45, 2.75) is 6.18 Å². The number of alkyl halides is 3. The van der Waals surface area contributed by atoms with E-state index in [2.05, 4.69) is 10.5 Å². The molecule has 1 rings (SSSR count). The minimum absolute atomic E-state index is 0.225. The van der Waals surface area contributed by atoms with Crippen LogP contribution in [0.5, 0.6) is 0 Å². The number of nitriles is 1. The van der Waals surface area contributed by atoms with E-state index in [1.54, 1.807) is 0 Å². The molecular formula is C10H6Cl2F3N5. The van der Waals surface area contributed by atoms with Gasteiger partial charge < -0.3 is 5.73 Å². The van der Waals surface area contributed by atoms with Crippen molar-refractivity contribution in [1.82, 2.24) is 0 Å². The van der Waals surface area contributed by atoms with Gasteiger partial charge in [-0.25, -0.2) is 0 Å². The van der Waals surface area contributed by atoms with Crippen LogP contribution in [0, 0.1) is 16.7 Å². The van der Waals surface area contributed by atoms with E-state index in [1.165, 1.54) is 6.07 Å². The highest BCUT2D eigenvalue weighted by molar-refractivity contribution is 6.46. The molecule has 20 heavy (non-hydrogen) atoms. The summed E-state index contributed by atoms with van der Waals surface area (Å²) in [5.41, 5.74) is 5.23. The average molecular weight is 324 g/mol. The van der Waals surface area contributed by atoms with Crippen molar-refractivity contribution in [1.29, 1.82) is 10.7 Å². The van der Waals surface area contributed by atoms with E-state index in [9.17, 15) is 13.2 Å². The van der Waals surface area contributed by atoms with Crippen molar-refractivity contribution in [2.75, 3.05) is 5.43 Å². The summed E-state index contributed by atoms with van der Waals surface area (Å²) in [6, 6.07) is 3.63. The first-order chi connectivity index (χ1) is 9.18. The highest BCUT2D eigenvalue weighted by Crippen LogP contribution is 2.42. The van der Waals surface area contributed by atoms with E-state index >= 15 is 0 Å². The van der Waals surface area contributed by atoms with Crippen molar-refractivity contribution in [3.8, 4) is 6.07 Å². The Morgan fingerprint density at radius 3 is 2.45 bits per heavy atom. The monoisotopic (exact) mass is 323 g/mol. The Bertz CT molecular complexity index is 619. The zero-order chi connectivity index (χ0) is 15.5. The van der Waals surface area contributed by atoms with Gasteiger partial charge in [0, 0.05) is 0 Å². The fourth-order valence-electron chi connectivity index (χ4n) is 1.16. The van der Waals surface area contributed by atoms with Gasteiger partial charge in [0.25, 0.3) is 0 Å². The zero-order valence-corrected chi connectivity index (χ0v) is 11.0. The molecule has 1 aromatic carbocycles. The Balaban J connectivity index is 3.24. The zero-order valence-electron chi connectivity index (χ0n) is 9.52. The third-order valence-corrected chi connectivity index (χ3v) is 2.73. The predicted molar refractivity (Wildman–Crippen MR) is 70.0 cm³/mol. The Morgan fingerprint density at radius 1 is 1.40 bits per heavy atom. The van der Waals surface area contributed by atoms with Crippen molar-refractivity contribution in [2.24, 2.45) is 10.8 Å². The minimum atomic E-state index is -4.74. The van der Waals surface area contributed by atoms with Gasteiger partial charge in [0.2, 0.25) is 5.71 Å². The van der Waals surface area contributed by atoms with Gasteiger partial charge in [-0.15, -0.1) is 0 Å². The van der Waals surface area contributed by atoms with Gasteiger partial charge >= 0.3 is 6.18 Å². The normalized spacial score (nSPS) is 11.9. The fourth-order valence-corrected chi connectivity index (χ4v) is 1.79. The lowest BCUT2D eigenvalue weighted by Gasteiger charge is -2.13. The van der Waals surface area contributed by atoms with Crippen molar-refractivity contribution >= 4 is 40.4 Å². The van der Waals surface area contributed by atoms with Crippen molar-refractivity contribution in [3.05, 3.63) is 27.7 Å². The van der Waals surface area contributed by atoms with Gasteiger partial charge in [0.15, 0.2) is 5.84 Å². The second kappa shape index (κ2) is 5.98. The van der Waals surface area contributed by atoms with Gasteiger partial charge in [-0.05, 0) is 12.1 Å². The number of hydrazone groups is 1. The molecule has 0 heterocycles. The molecule has 0 aromatic heterocycles. The maximum atomic E-state index is 12.7. The number of nitrogens with zero attached hydrogens (tertiary/aromatic N) is 2. The molecule has 0 bridgehead atoms. The van der Waals surface area contributed by atoms with Crippen LogP contribution in [0.2, 0.25) is 10.0 Å². The molecule has 0 unspecified atom stereocenters. The summed E-state index contributed by atoms with van der Waals surface area (Å²) in [6.45, 7) is 0. The van der Waals surface area contributed by atoms with Crippen LogP contribution < -0.4 is 11.2 Å². The highest BCUT2D eigenvalue weighted by atomic mass is 35.5. The number of rotatable bonds is 3. The maximum absolute atomic E-state index is 12.7. The molecule has 0 saturated heterocycles. The largest absolute Gasteiger partial charge is 0.419 e.